The van der Waals surface area contributed by atoms with E-state index in [1.807, 2.05) is 52.0 Å². The number of aryl methyl sites for hydroxylation is 1. The molecular formula is C32H40F3NO7. The number of alkyl halides is 3. The number of carbonyl (C=O) groups is 2. The molecule has 0 aromatic heterocycles. The van der Waals surface area contributed by atoms with Gasteiger partial charge in [-0.25, -0.2) is 4.79 Å². The molecule has 0 bridgehead atoms. The molecule has 0 saturated carbocycles. The van der Waals surface area contributed by atoms with Gasteiger partial charge in [0.25, 0.3) is 5.91 Å². The average Bonchev–Trinajstić information content (AvgIpc) is 3.31. The first kappa shape index (κ1) is 32.6. The number of hydrogen-bond acceptors (Lipinski definition) is 6. The highest BCUT2D eigenvalue weighted by molar-refractivity contribution is 5.88. The zero-order valence-electron chi connectivity index (χ0n) is 25.1. The minimum Gasteiger partial charge on any atom is -0.493 e. The third kappa shape index (κ3) is 7.09. The Hall–Kier alpha value is -3.31. The number of hydrogen-bond donors (Lipinski definition) is 1. The number of carboxylic acid groups (broad SMARTS) is 1. The third-order valence-electron chi connectivity index (χ3n) is 8.22. The zero-order valence-corrected chi connectivity index (χ0v) is 25.1. The van der Waals surface area contributed by atoms with Crippen molar-refractivity contribution in [3.8, 4) is 11.5 Å². The van der Waals surface area contributed by atoms with E-state index < -0.39 is 53.3 Å². The number of methoxy groups -OCH3 is 1. The molecular weight excluding hydrogens is 567 g/mol. The van der Waals surface area contributed by atoms with Gasteiger partial charge in [0.15, 0.2) is 11.5 Å². The quantitative estimate of drug-likeness (QED) is 0.347. The Bertz CT molecular complexity index is 1290. The summed E-state index contributed by atoms with van der Waals surface area (Å²) in [6.07, 6.45) is -3.94. The van der Waals surface area contributed by atoms with Crippen LogP contribution in [0.1, 0.15) is 62.8 Å². The summed E-state index contributed by atoms with van der Waals surface area (Å²) in [6.45, 7) is 7.84. The van der Waals surface area contributed by atoms with Gasteiger partial charge >= 0.3 is 12.1 Å². The third-order valence-corrected chi connectivity index (χ3v) is 8.22. The second-order valence-corrected chi connectivity index (χ2v) is 12.1. The fourth-order valence-corrected chi connectivity index (χ4v) is 6.24. The van der Waals surface area contributed by atoms with Gasteiger partial charge in [-0.15, -0.1) is 0 Å². The molecule has 4 rings (SSSR count). The van der Waals surface area contributed by atoms with Gasteiger partial charge in [-0.3, -0.25) is 4.79 Å². The number of amides is 1. The van der Waals surface area contributed by atoms with Crippen molar-refractivity contribution in [1.82, 2.24) is 4.90 Å². The van der Waals surface area contributed by atoms with E-state index >= 15 is 0 Å². The predicted octanol–water partition coefficient (Wildman–Crippen LogP) is 6.05. The van der Waals surface area contributed by atoms with E-state index in [1.165, 1.54) is 18.1 Å². The van der Waals surface area contributed by atoms with Crippen molar-refractivity contribution in [2.45, 2.75) is 77.4 Å². The molecule has 2 aliphatic rings. The van der Waals surface area contributed by atoms with Crippen molar-refractivity contribution in [3.05, 3.63) is 59.2 Å². The highest BCUT2D eigenvalue weighted by Crippen LogP contribution is 2.50. The smallest absolute Gasteiger partial charge is 0.416 e. The molecule has 1 N–H and O–H groups in total. The summed E-state index contributed by atoms with van der Waals surface area (Å²) in [4.78, 5) is 28.5. The molecule has 0 aliphatic carbocycles. The first-order chi connectivity index (χ1) is 20.3. The molecule has 2 heterocycles. The molecule has 1 amide bonds. The van der Waals surface area contributed by atoms with Crippen molar-refractivity contribution in [2.24, 2.45) is 11.3 Å². The van der Waals surface area contributed by atoms with Crippen LogP contribution in [0.25, 0.3) is 0 Å². The average molecular weight is 608 g/mol. The van der Waals surface area contributed by atoms with Crippen LogP contribution in [-0.2, 0) is 25.2 Å². The van der Waals surface area contributed by atoms with Gasteiger partial charge < -0.3 is 29.0 Å². The fraction of sp³-hybridized carbons (Fsp3) is 0.562. The lowest BCUT2D eigenvalue weighted by atomic mass is 9.73. The van der Waals surface area contributed by atoms with E-state index in [2.05, 4.69) is 0 Å². The molecule has 0 spiro atoms. The summed E-state index contributed by atoms with van der Waals surface area (Å²) >= 11 is 0. The van der Waals surface area contributed by atoms with E-state index in [0.717, 1.165) is 36.1 Å². The molecule has 2 aromatic carbocycles. The number of halogens is 3. The topological polar surface area (TPSA) is 94.5 Å². The molecule has 8 nitrogen and oxygen atoms in total. The number of likely N-dealkylation sites (tertiary alicyclic amines) is 1. The van der Waals surface area contributed by atoms with Crippen molar-refractivity contribution in [3.63, 3.8) is 0 Å². The molecule has 2 saturated heterocycles. The van der Waals surface area contributed by atoms with Gasteiger partial charge in [0.2, 0.25) is 0 Å². The maximum Gasteiger partial charge on any atom is 0.416 e. The van der Waals surface area contributed by atoms with E-state index in [-0.39, 0.29) is 30.6 Å². The largest absolute Gasteiger partial charge is 0.493 e. The van der Waals surface area contributed by atoms with Crippen LogP contribution >= 0.6 is 0 Å². The van der Waals surface area contributed by atoms with Crippen LogP contribution in [0.3, 0.4) is 0 Å². The molecule has 5 atom stereocenters. The van der Waals surface area contributed by atoms with Crippen molar-refractivity contribution in [1.29, 1.82) is 0 Å². The number of benzene rings is 2. The minimum absolute atomic E-state index is 0.0761. The summed E-state index contributed by atoms with van der Waals surface area (Å²) in [5.41, 5.74) is 0.139. The number of rotatable bonds is 9. The van der Waals surface area contributed by atoms with Gasteiger partial charge in [0.1, 0.15) is 18.8 Å². The van der Waals surface area contributed by atoms with Gasteiger partial charge in [-0.05, 0) is 60.9 Å². The minimum atomic E-state index is -4.56. The second kappa shape index (κ2) is 13.1. The molecule has 43 heavy (non-hydrogen) atoms. The number of carbonyl (C=O) groups excluding carboxylic acids is 1. The van der Waals surface area contributed by atoms with E-state index in [1.54, 1.807) is 0 Å². The van der Waals surface area contributed by atoms with Crippen LogP contribution in [-0.4, -0.2) is 67.1 Å². The van der Waals surface area contributed by atoms with E-state index in [0.29, 0.717) is 13.0 Å². The monoisotopic (exact) mass is 607 g/mol. The summed E-state index contributed by atoms with van der Waals surface area (Å²) in [6, 6.07) is 8.50. The standard InChI is InChI=1S/C32H40F3NO7/c1-19-10-6-7-11-21(19)26-28(43-17-16-42-24-18-20(32(33,34)35)13-14-22(24)40-5)25(31(2,3)4)27(30(38)39)36(26)29(37)23-12-8-9-15-41-23/h6-7,10-11,13-14,18,23,25-28H,8-9,12,15-17H2,1-5H3,(H,38,39)/t23-,25+,26-,27-,28-/m0/s1. The Morgan fingerprint density at radius 3 is 2.35 bits per heavy atom. The maximum atomic E-state index is 14.1. The highest BCUT2D eigenvalue weighted by atomic mass is 19.4. The highest BCUT2D eigenvalue weighted by Gasteiger charge is 2.59. The van der Waals surface area contributed by atoms with Crippen LogP contribution < -0.4 is 9.47 Å². The van der Waals surface area contributed by atoms with Crippen LogP contribution in [0.15, 0.2) is 42.5 Å². The van der Waals surface area contributed by atoms with Crippen LogP contribution in [0.2, 0.25) is 0 Å². The lowest BCUT2D eigenvalue weighted by Crippen LogP contribution is -2.51. The Kier molecular flexibility index (Phi) is 9.96. The summed E-state index contributed by atoms with van der Waals surface area (Å²) in [5, 5.41) is 10.6. The Labute approximate surface area is 250 Å². The van der Waals surface area contributed by atoms with E-state index in [4.69, 9.17) is 18.9 Å². The number of ether oxygens (including phenoxy) is 4. The normalized spacial score (nSPS) is 24.6. The number of nitrogens with zero attached hydrogens (tertiary/aromatic N) is 1. The lowest BCUT2D eigenvalue weighted by Gasteiger charge is -2.35. The summed E-state index contributed by atoms with van der Waals surface area (Å²) in [7, 11) is 1.33. The SMILES string of the molecule is COc1ccc(C(F)(F)F)cc1OCCO[C@H]1[C@H](C(C)(C)C)[C@@H](C(=O)O)N(C(=O)[C@@H]2CCCCO2)[C@H]1c1ccccc1C. The van der Waals surface area contributed by atoms with Crippen molar-refractivity contribution >= 4 is 11.9 Å². The first-order valence-corrected chi connectivity index (χ1v) is 14.5. The molecule has 0 unspecified atom stereocenters. The van der Waals surface area contributed by atoms with Gasteiger partial charge in [-0.1, -0.05) is 45.0 Å². The van der Waals surface area contributed by atoms with Crippen LogP contribution in [0.4, 0.5) is 13.2 Å². The van der Waals surface area contributed by atoms with Gasteiger partial charge in [-0.2, -0.15) is 13.2 Å². The Morgan fingerprint density at radius 2 is 1.77 bits per heavy atom. The summed E-state index contributed by atoms with van der Waals surface area (Å²) in [5.74, 6) is -2.12. The predicted molar refractivity (Wildman–Crippen MR) is 152 cm³/mol. The molecule has 2 aliphatic heterocycles. The number of carboxylic acids is 1. The lowest BCUT2D eigenvalue weighted by molar-refractivity contribution is -0.159. The maximum absolute atomic E-state index is 14.1. The zero-order chi connectivity index (χ0) is 31.5. The molecule has 11 heteroatoms. The van der Waals surface area contributed by atoms with Crippen molar-refractivity contribution < 1.29 is 46.8 Å². The van der Waals surface area contributed by atoms with Gasteiger partial charge in [0.05, 0.1) is 31.4 Å². The van der Waals surface area contributed by atoms with E-state index in [9.17, 15) is 27.9 Å². The molecule has 0 radical (unpaired) electrons. The summed E-state index contributed by atoms with van der Waals surface area (Å²) < 4.78 is 63.0. The van der Waals surface area contributed by atoms with Crippen LogP contribution in [0, 0.1) is 18.3 Å². The molecule has 2 aromatic rings. The fourth-order valence-electron chi connectivity index (χ4n) is 6.24. The first-order valence-electron chi connectivity index (χ1n) is 14.5. The Balaban J connectivity index is 1.68. The molecule has 2 fully saturated rings. The number of aliphatic carboxylic acids is 1. The molecule has 236 valence electrons. The Morgan fingerprint density at radius 1 is 1.05 bits per heavy atom. The second-order valence-electron chi connectivity index (χ2n) is 12.1. The van der Waals surface area contributed by atoms with Crippen molar-refractivity contribution in [2.75, 3.05) is 26.9 Å². The van der Waals surface area contributed by atoms with Gasteiger partial charge in [0, 0.05) is 12.5 Å². The van der Waals surface area contributed by atoms with Crippen LogP contribution in [0.5, 0.6) is 11.5 Å².